The zero-order valence-electron chi connectivity index (χ0n) is 14.2. The van der Waals surface area contributed by atoms with Gasteiger partial charge in [0, 0.05) is 4.88 Å². The molecule has 1 atom stereocenters. The van der Waals surface area contributed by atoms with Crippen LogP contribution in [0.25, 0.3) is 10.2 Å². The number of aromatic amines is 1. The second-order valence-electron chi connectivity index (χ2n) is 5.92. The van der Waals surface area contributed by atoms with Crippen LogP contribution < -0.4 is 5.56 Å². The Kier molecular flexibility index (Phi) is 5.36. The summed E-state index contributed by atoms with van der Waals surface area (Å²) in [5, 5.41) is 9.81. The Balaban J connectivity index is 1.89. The zero-order valence-corrected chi connectivity index (χ0v) is 16.6. The van der Waals surface area contributed by atoms with Crippen LogP contribution in [-0.2, 0) is 12.2 Å². The Morgan fingerprint density at radius 1 is 1.25 bits per heavy atom. The van der Waals surface area contributed by atoms with Crippen LogP contribution in [-0.4, -0.2) is 20.2 Å². The molecule has 8 heteroatoms. The van der Waals surface area contributed by atoms with Crippen LogP contribution in [0, 0.1) is 19.8 Å². The smallest absolute Gasteiger partial charge is 0.259 e. The first-order valence-corrected chi connectivity index (χ1v) is 10.5. The third-order valence-corrected chi connectivity index (χ3v) is 7.03. The number of aryl methyl sites for hydroxylation is 2. The van der Waals surface area contributed by atoms with Crippen molar-refractivity contribution < 1.29 is 0 Å². The van der Waals surface area contributed by atoms with E-state index in [-0.39, 0.29) is 5.56 Å². The number of H-pyrrole nitrogens is 1. The SMILES string of the molecule is CC[C@@H](C)Cc1c(C)sc2nc(CSc3nnc(C)s3)[nH]c(=O)c12. The first-order chi connectivity index (χ1) is 11.5. The molecule has 5 nitrogen and oxygen atoms in total. The molecule has 3 heterocycles. The molecule has 0 aliphatic carbocycles. The van der Waals surface area contributed by atoms with E-state index >= 15 is 0 Å². The van der Waals surface area contributed by atoms with Crippen molar-refractivity contribution in [1.29, 1.82) is 0 Å². The number of fused-ring (bicyclic) bond motifs is 1. The predicted octanol–water partition coefficient (Wildman–Crippen LogP) is 4.33. The molecule has 0 aliphatic heterocycles. The molecule has 24 heavy (non-hydrogen) atoms. The Hall–Kier alpha value is -1.25. The molecule has 0 radical (unpaired) electrons. The Morgan fingerprint density at radius 3 is 2.71 bits per heavy atom. The van der Waals surface area contributed by atoms with Crippen molar-refractivity contribution in [3.05, 3.63) is 31.6 Å². The van der Waals surface area contributed by atoms with E-state index in [2.05, 4.69) is 40.9 Å². The molecule has 0 aromatic carbocycles. The molecule has 0 saturated heterocycles. The van der Waals surface area contributed by atoms with Gasteiger partial charge in [0.25, 0.3) is 5.56 Å². The molecule has 0 fully saturated rings. The first-order valence-electron chi connectivity index (χ1n) is 7.92. The van der Waals surface area contributed by atoms with E-state index in [9.17, 15) is 4.79 Å². The van der Waals surface area contributed by atoms with Crippen molar-refractivity contribution in [3.8, 4) is 0 Å². The summed E-state index contributed by atoms with van der Waals surface area (Å²) in [6.07, 6.45) is 2.04. The minimum Gasteiger partial charge on any atom is -0.309 e. The van der Waals surface area contributed by atoms with Gasteiger partial charge in [-0.15, -0.1) is 21.5 Å². The van der Waals surface area contributed by atoms with Gasteiger partial charge in [-0.3, -0.25) is 4.79 Å². The standard InChI is InChI=1S/C16H20N4OS3/c1-5-8(2)6-11-9(3)23-15-13(11)14(21)17-12(18-15)7-22-16-20-19-10(4)24-16/h8H,5-7H2,1-4H3,(H,17,18,21)/t8-/m1/s1. The maximum atomic E-state index is 12.6. The fourth-order valence-electron chi connectivity index (χ4n) is 2.49. The van der Waals surface area contributed by atoms with Crippen molar-refractivity contribution in [2.24, 2.45) is 5.92 Å². The molecule has 3 aromatic heterocycles. The lowest BCUT2D eigenvalue weighted by molar-refractivity contribution is 0.561. The van der Waals surface area contributed by atoms with Crippen LogP contribution in [0.5, 0.6) is 0 Å². The molecule has 0 amide bonds. The zero-order chi connectivity index (χ0) is 17.3. The van der Waals surface area contributed by atoms with E-state index in [0.29, 0.717) is 17.5 Å². The molecule has 128 valence electrons. The van der Waals surface area contributed by atoms with Gasteiger partial charge in [-0.05, 0) is 31.7 Å². The summed E-state index contributed by atoms with van der Waals surface area (Å²) in [7, 11) is 0. The summed E-state index contributed by atoms with van der Waals surface area (Å²) < 4.78 is 0.898. The highest BCUT2D eigenvalue weighted by atomic mass is 32.2. The minimum absolute atomic E-state index is 0.0216. The highest BCUT2D eigenvalue weighted by Crippen LogP contribution is 2.30. The number of aromatic nitrogens is 4. The van der Waals surface area contributed by atoms with Gasteiger partial charge in [0.05, 0.1) is 11.1 Å². The quantitative estimate of drug-likeness (QED) is 0.644. The summed E-state index contributed by atoms with van der Waals surface area (Å²) in [5.41, 5.74) is 1.14. The Bertz CT molecular complexity index is 912. The second-order valence-corrected chi connectivity index (χ2v) is 9.53. The van der Waals surface area contributed by atoms with Gasteiger partial charge in [0.15, 0.2) is 4.34 Å². The maximum Gasteiger partial charge on any atom is 0.259 e. The lowest BCUT2D eigenvalue weighted by atomic mass is 9.98. The molecule has 3 rings (SSSR count). The molecule has 0 aliphatic rings. The minimum atomic E-state index is -0.0216. The van der Waals surface area contributed by atoms with E-state index in [1.165, 1.54) is 4.88 Å². The Morgan fingerprint density at radius 2 is 2.04 bits per heavy atom. The van der Waals surface area contributed by atoms with Crippen LogP contribution in [0.1, 0.15) is 41.5 Å². The molecule has 0 saturated carbocycles. The van der Waals surface area contributed by atoms with Crippen LogP contribution in [0.2, 0.25) is 0 Å². The van der Waals surface area contributed by atoms with Gasteiger partial charge in [-0.2, -0.15) is 0 Å². The molecule has 0 unspecified atom stereocenters. The summed E-state index contributed by atoms with van der Waals surface area (Å²) in [6, 6.07) is 0. The summed E-state index contributed by atoms with van der Waals surface area (Å²) in [5.74, 6) is 1.86. The van der Waals surface area contributed by atoms with Crippen molar-refractivity contribution >= 4 is 44.7 Å². The van der Waals surface area contributed by atoms with E-state index < -0.39 is 0 Å². The normalized spacial score (nSPS) is 12.8. The number of hydrogen-bond acceptors (Lipinski definition) is 7. The topological polar surface area (TPSA) is 71.5 Å². The number of nitrogens with one attached hydrogen (secondary N) is 1. The van der Waals surface area contributed by atoms with Crippen LogP contribution >= 0.6 is 34.4 Å². The lowest BCUT2D eigenvalue weighted by Crippen LogP contribution is -2.12. The number of nitrogens with zero attached hydrogens (tertiary/aromatic N) is 3. The lowest BCUT2D eigenvalue weighted by Gasteiger charge is -2.08. The van der Waals surface area contributed by atoms with Gasteiger partial charge < -0.3 is 4.98 Å². The van der Waals surface area contributed by atoms with E-state index in [4.69, 9.17) is 0 Å². The number of thiophene rings is 1. The fraction of sp³-hybridized carbons (Fsp3) is 0.500. The van der Waals surface area contributed by atoms with Gasteiger partial charge in [0.2, 0.25) is 0 Å². The van der Waals surface area contributed by atoms with E-state index in [0.717, 1.165) is 38.0 Å². The Labute approximate surface area is 153 Å². The summed E-state index contributed by atoms with van der Waals surface area (Å²) >= 11 is 4.73. The molecular formula is C16H20N4OS3. The van der Waals surface area contributed by atoms with Crippen molar-refractivity contribution in [3.63, 3.8) is 0 Å². The fourth-order valence-corrected chi connectivity index (χ4v) is 5.25. The third kappa shape index (κ3) is 3.70. The highest BCUT2D eigenvalue weighted by Gasteiger charge is 2.17. The molecule has 0 bridgehead atoms. The monoisotopic (exact) mass is 380 g/mol. The molecule has 3 aromatic rings. The van der Waals surface area contributed by atoms with Gasteiger partial charge in [0.1, 0.15) is 15.7 Å². The average Bonchev–Trinajstić information content (AvgIpc) is 3.09. The van der Waals surface area contributed by atoms with Crippen molar-refractivity contribution in [2.45, 2.75) is 50.6 Å². The molecular weight excluding hydrogens is 360 g/mol. The average molecular weight is 381 g/mol. The van der Waals surface area contributed by atoms with Gasteiger partial charge >= 0.3 is 0 Å². The largest absolute Gasteiger partial charge is 0.309 e. The molecule has 1 N–H and O–H groups in total. The van der Waals surface area contributed by atoms with Crippen LogP contribution in [0.15, 0.2) is 9.13 Å². The van der Waals surface area contributed by atoms with E-state index in [1.807, 2.05) is 6.92 Å². The first kappa shape index (κ1) is 17.6. The predicted molar refractivity (Wildman–Crippen MR) is 102 cm³/mol. The number of hydrogen-bond donors (Lipinski definition) is 1. The summed E-state index contributed by atoms with van der Waals surface area (Å²) in [6.45, 7) is 8.42. The highest BCUT2D eigenvalue weighted by molar-refractivity contribution is 8.00. The van der Waals surface area contributed by atoms with Crippen LogP contribution in [0.3, 0.4) is 0 Å². The maximum absolute atomic E-state index is 12.6. The second kappa shape index (κ2) is 7.33. The van der Waals surface area contributed by atoms with Crippen molar-refractivity contribution in [1.82, 2.24) is 20.2 Å². The number of thioether (sulfide) groups is 1. The van der Waals surface area contributed by atoms with Crippen molar-refractivity contribution in [2.75, 3.05) is 0 Å². The van der Waals surface area contributed by atoms with Gasteiger partial charge in [-0.1, -0.05) is 43.4 Å². The van der Waals surface area contributed by atoms with Gasteiger partial charge in [-0.25, -0.2) is 4.98 Å². The molecule has 0 spiro atoms. The number of rotatable bonds is 6. The van der Waals surface area contributed by atoms with Crippen LogP contribution in [0.4, 0.5) is 0 Å². The van der Waals surface area contributed by atoms with E-state index in [1.54, 1.807) is 34.4 Å². The summed E-state index contributed by atoms with van der Waals surface area (Å²) in [4.78, 5) is 22.3. The third-order valence-electron chi connectivity index (χ3n) is 4.00.